The van der Waals surface area contributed by atoms with E-state index in [1.165, 1.54) is 6.08 Å². The van der Waals surface area contributed by atoms with Crippen LogP contribution in [0.4, 0.5) is 5.69 Å². The van der Waals surface area contributed by atoms with Crippen molar-refractivity contribution in [1.29, 1.82) is 0 Å². The highest BCUT2D eigenvalue weighted by Crippen LogP contribution is 2.29. The number of aryl methyl sites for hydroxylation is 3. The molecule has 1 atom stereocenters. The van der Waals surface area contributed by atoms with Gasteiger partial charge in [0.1, 0.15) is 0 Å². The molecule has 0 radical (unpaired) electrons. The van der Waals surface area contributed by atoms with Crippen molar-refractivity contribution < 1.29 is 14.3 Å². The Bertz CT molecular complexity index is 1090. The van der Waals surface area contributed by atoms with E-state index in [4.69, 9.17) is 9.47 Å². The van der Waals surface area contributed by atoms with E-state index in [-0.39, 0.29) is 12.1 Å². The Kier molecular flexibility index (Phi) is 5.07. The molecule has 0 saturated carbocycles. The third kappa shape index (κ3) is 3.73. The van der Waals surface area contributed by atoms with E-state index in [1.807, 2.05) is 43.7 Å². The Morgan fingerprint density at radius 2 is 2.07 bits per heavy atom. The molecule has 3 aromatic rings. The summed E-state index contributed by atoms with van der Waals surface area (Å²) in [5, 5.41) is 8.61. The number of carbonyl (C=O) groups excluding carboxylic acids is 1. The van der Waals surface area contributed by atoms with Gasteiger partial charge in [0, 0.05) is 23.9 Å². The lowest BCUT2D eigenvalue weighted by Gasteiger charge is -2.27. The third-order valence-corrected chi connectivity index (χ3v) is 5.12. The van der Waals surface area contributed by atoms with Crippen molar-refractivity contribution in [3.05, 3.63) is 52.9 Å². The summed E-state index contributed by atoms with van der Waals surface area (Å²) in [5.41, 5.74) is 5.23. The maximum Gasteiger partial charge on any atom is 0.248 e. The Balaban J connectivity index is 1.54. The van der Waals surface area contributed by atoms with Gasteiger partial charge < -0.3 is 14.8 Å². The first-order chi connectivity index (χ1) is 14.0. The first-order valence-electron chi connectivity index (χ1n) is 9.58. The molecule has 29 heavy (non-hydrogen) atoms. The molecule has 1 aliphatic heterocycles. The summed E-state index contributed by atoms with van der Waals surface area (Å²) < 4.78 is 12.7. The summed E-state index contributed by atoms with van der Waals surface area (Å²) in [4.78, 5) is 16.8. The fourth-order valence-corrected chi connectivity index (χ4v) is 3.48. The zero-order valence-electron chi connectivity index (χ0n) is 17.0. The minimum Gasteiger partial charge on any atom is -0.481 e. The SMILES string of the molecule is COc1cc(C)c(NC(=O)/C=C/c2ccc3c(C)nn(C4CCO4)c3c2)c(C)n1. The standard InChI is InChI=1S/C22H24N4O3/c1-13-11-20(28-4)23-15(3)22(13)24-19(27)8-6-16-5-7-17-14(2)25-26(18(17)12-16)21-9-10-29-21/h5-8,11-12,21H,9-10H2,1-4H3,(H,24,27)/b8-6+. The maximum absolute atomic E-state index is 12.4. The molecular weight excluding hydrogens is 368 g/mol. The molecule has 1 unspecified atom stereocenters. The van der Waals surface area contributed by atoms with Crippen LogP contribution in [0.25, 0.3) is 17.0 Å². The highest BCUT2D eigenvalue weighted by molar-refractivity contribution is 6.03. The second-order valence-electron chi connectivity index (χ2n) is 7.19. The zero-order chi connectivity index (χ0) is 20.5. The predicted octanol–water partition coefficient (Wildman–Crippen LogP) is 3.94. The Labute approximate surface area is 169 Å². The molecule has 1 amide bonds. The molecule has 1 saturated heterocycles. The Hall–Kier alpha value is -3.19. The van der Waals surface area contributed by atoms with Gasteiger partial charge in [-0.2, -0.15) is 5.10 Å². The number of fused-ring (bicyclic) bond motifs is 1. The molecule has 1 N–H and O–H groups in total. The molecule has 4 rings (SSSR count). The smallest absolute Gasteiger partial charge is 0.248 e. The largest absolute Gasteiger partial charge is 0.481 e. The molecule has 7 heteroatoms. The molecule has 0 spiro atoms. The number of benzene rings is 1. The number of ether oxygens (including phenoxy) is 2. The minimum atomic E-state index is -0.213. The second-order valence-corrected chi connectivity index (χ2v) is 7.19. The molecule has 3 heterocycles. The van der Waals surface area contributed by atoms with Gasteiger partial charge in [0.15, 0.2) is 6.23 Å². The average Bonchev–Trinajstić information content (AvgIpc) is 2.97. The van der Waals surface area contributed by atoms with Crippen molar-refractivity contribution in [2.45, 2.75) is 33.4 Å². The van der Waals surface area contributed by atoms with Crippen molar-refractivity contribution >= 4 is 28.6 Å². The summed E-state index contributed by atoms with van der Waals surface area (Å²) >= 11 is 0. The summed E-state index contributed by atoms with van der Waals surface area (Å²) in [5.74, 6) is 0.319. The van der Waals surface area contributed by atoms with Gasteiger partial charge in [-0.25, -0.2) is 9.67 Å². The van der Waals surface area contributed by atoms with E-state index in [0.29, 0.717) is 17.3 Å². The number of nitrogens with one attached hydrogen (secondary N) is 1. The van der Waals surface area contributed by atoms with Crippen LogP contribution in [0.2, 0.25) is 0 Å². The number of hydrogen-bond acceptors (Lipinski definition) is 5. The van der Waals surface area contributed by atoms with Gasteiger partial charge in [-0.15, -0.1) is 0 Å². The lowest BCUT2D eigenvalue weighted by molar-refractivity contribution is -0.111. The number of pyridine rings is 1. The van der Waals surface area contributed by atoms with E-state index in [2.05, 4.69) is 15.4 Å². The quantitative estimate of drug-likeness (QED) is 0.666. The first kappa shape index (κ1) is 19.1. The second kappa shape index (κ2) is 7.67. The van der Waals surface area contributed by atoms with Crippen molar-refractivity contribution in [2.24, 2.45) is 0 Å². The number of carbonyl (C=O) groups is 1. The number of anilines is 1. The third-order valence-electron chi connectivity index (χ3n) is 5.12. The van der Waals surface area contributed by atoms with Crippen molar-refractivity contribution in [1.82, 2.24) is 14.8 Å². The maximum atomic E-state index is 12.4. The molecule has 0 bridgehead atoms. The van der Waals surface area contributed by atoms with Gasteiger partial charge >= 0.3 is 0 Å². The van der Waals surface area contributed by atoms with Crippen LogP contribution >= 0.6 is 0 Å². The number of aromatic nitrogens is 3. The Morgan fingerprint density at radius 1 is 1.28 bits per heavy atom. The lowest BCUT2D eigenvalue weighted by Crippen LogP contribution is -2.25. The van der Waals surface area contributed by atoms with Crippen LogP contribution in [0.3, 0.4) is 0 Å². The summed E-state index contributed by atoms with van der Waals surface area (Å²) in [6.07, 6.45) is 4.29. The fraction of sp³-hybridized carbons (Fsp3) is 0.318. The molecule has 1 fully saturated rings. The van der Waals surface area contributed by atoms with Crippen LogP contribution in [0.1, 0.15) is 35.2 Å². The molecule has 1 aliphatic rings. The van der Waals surface area contributed by atoms with E-state index >= 15 is 0 Å². The molecule has 1 aromatic carbocycles. The van der Waals surface area contributed by atoms with Crippen molar-refractivity contribution in [3.63, 3.8) is 0 Å². The van der Waals surface area contributed by atoms with Gasteiger partial charge in [-0.3, -0.25) is 4.79 Å². The van der Waals surface area contributed by atoms with Crippen LogP contribution in [0.15, 0.2) is 30.3 Å². The van der Waals surface area contributed by atoms with E-state index < -0.39 is 0 Å². The van der Waals surface area contributed by atoms with E-state index in [1.54, 1.807) is 19.3 Å². The average molecular weight is 392 g/mol. The molecule has 0 aliphatic carbocycles. The fourth-order valence-electron chi connectivity index (χ4n) is 3.48. The summed E-state index contributed by atoms with van der Waals surface area (Å²) in [7, 11) is 1.57. The normalized spacial score (nSPS) is 16.2. The molecule has 150 valence electrons. The van der Waals surface area contributed by atoms with Gasteiger partial charge in [0.25, 0.3) is 0 Å². The van der Waals surface area contributed by atoms with Crippen LogP contribution in [0, 0.1) is 20.8 Å². The monoisotopic (exact) mass is 392 g/mol. The van der Waals surface area contributed by atoms with E-state index in [0.717, 1.165) is 40.8 Å². The van der Waals surface area contributed by atoms with Crippen molar-refractivity contribution in [3.8, 4) is 5.88 Å². The summed E-state index contributed by atoms with van der Waals surface area (Å²) in [6, 6.07) is 7.85. The van der Waals surface area contributed by atoms with Crippen LogP contribution in [-0.4, -0.2) is 34.4 Å². The topological polar surface area (TPSA) is 78.3 Å². The van der Waals surface area contributed by atoms with Gasteiger partial charge in [-0.1, -0.05) is 12.1 Å². The molecule has 7 nitrogen and oxygen atoms in total. The molecular formula is C22H24N4O3. The summed E-state index contributed by atoms with van der Waals surface area (Å²) in [6.45, 7) is 6.52. The number of rotatable bonds is 5. The number of nitrogens with zero attached hydrogens (tertiary/aromatic N) is 3. The predicted molar refractivity (Wildman–Crippen MR) is 112 cm³/mol. The molecule has 2 aromatic heterocycles. The number of methoxy groups -OCH3 is 1. The van der Waals surface area contributed by atoms with Crippen LogP contribution in [-0.2, 0) is 9.53 Å². The lowest BCUT2D eigenvalue weighted by atomic mass is 10.1. The highest BCUT2D eigenvalue weighted by atomic mass is 16.5. The van der Waals surface area contributed by atoms with Crippen molar-refractivity contribution in [2.75, 3.05) is 19.0 Å². The Morgan fingerprint density at radius 3 is 2.72 bits per heavy atom. The highest BCUT2D eigenvalue weighted by Gasteiger charge is 2.23. The van der Waals surface area contributed by atoms with E-state index in [9.17, 15) is 4.79 Å². The first-order valence-corrected chi connectivity index (χ1v) is 9.58. The van der Waals surface area contributed by atoms with Gasteiger partial charge in [0.05, 0.1) is 36.3 Å². The number of hydrogen-bond donors (Lipinski definition) is 1. The minimum absolute atomic E-state index is 0.00208. The number of amides is 1. The van der Waals surface area contributed by atoms with Gasteiger partial charge in [-0.05, 0) is 44.0 Å². The van der Waals surface area contributed by atoms with Crippen LogP contribution in [0.5, 0.6) is 5.88 Å². The van der Waals surface area contributed by atoms with Crippen LogP contribution < -0.4 is 10.1 Å². The van der Waals surface area contributed by atoms with Gasteiger partial charge in [0.2, 0.25) is 11.8 Å². The zero-order valence-corrected chi connectivity index (χ0v) is 17.0.